The number of hydrogen-bond acceptors (Lipinski definition) is 2. The van der Waals surface area contributed by atoms with E-state index in [0.29, 0.717) is 15.7 Å². The standard InChI is InChI=1S/C15H19BrClN3/c1-4-10(2)6-5-7-12(17)11(3)13-8-9-14-18-15(16)19-20(13)14/h5-7,10,13H,3-4,8-9H2,1-2H3/b6-5-,12-7+. The molecule has 5 heteroatoms. The third-order valence-corrected chi connectivity index (χ3v) is 4.35. The first-order chi connectivity index (χ1) is 9.52. The maximum atomic E-state index is 6.35. The molecule has 2 heterocycles. The smallest absolute Gasteiger partial charge is 0.217 e. The van der Waals surface area contributed by atoms with Crippen molar-refractivity contribution < 1.29 is 0 Å². The van der Waals surface area contributed by atoms with Gasteiger partial charge in [-0.25, -0.2) is 9.67 Å². The first kappa shape index (κ1) is 15.5. The second kappa shape index (κ2) is 6.72. The normalized spacial score (nSPS) is 20.4. The molecule has 0 N–H and O–H groups in total. The van der Waals surface area contributed by atoms with E-state index >= 15 is 0 Å². The Kier molecular flexibility index (Phi) is 5.22. The van der Waals surface area contributed by atoms with E-state index in [0.717, 1.165) is 30.7 Å². The Hall–Kier alpha value is -0.870. The van der Waals surface area contributed by atoms with Crippen LogP contribution in [0, 0.1) is 5.92 Å². The van der Waals surface area contributed by atoms with Crippen molar-refractivity contribution in [2.24, 2.45) is 5.92 Å². The summed E-state index contributed by atoms with van der Waals surface area (Å²) in [5.41, 5.74) is 0.900. The van der Waals surface area contributed by atoms with Gasteiger partial charge in [0.15, 0.2) is 0 Å². The molecule has 0 saturated carbocycles. The summed E-state index contributed by atoms with van der Waals surface area (Å²) in [6.45, 7) is 8.48. The Balaban J connectivity index is 2.08. The lowest BCUT2D eigenvalue weighted by Crippen LogP contribution is -2.08. The molecule has 1 aromatic rings. The van der Waals surface area contributed by atoms with Gasteiger partial charge in [-0.15, -0.1) is 5.10 Å². The molecule has 1 aromatic heterocycles. The first-order valence-corrected chi connectivity index (χ1v) is 8.04. The number of hydrogen-bond donors (Lipinski definition) is 0. The van der Waals surface area contributed by atoms with Gasteiger partial charge < -0.3 is 0 Å². The second-order valence-corrected chi connectivity index (χ2v) is 6.22. The maximum absolute atomic E-state index is 6.35. The van der Waals surface area contributed by atoms with Gasteiger partial charge in [0.2, 0.25) is 4.73 Å². The number of halogens is 2. The minimum atomic E-state index is 0.115. The molecule has 0 bridgehead atoms. The highest BCUT2D eigenvalue weighted by molar-refractivity contribution is 9.10. The number of aromatic nitrogens is 3. The highest BCUT2D eigenvalue weighted by atomic mass is 79.9. The van der Waals surface area contributed by atoms with Crippen molar-refractivity contribution in [2.45, 2.75) is 39.2 Å². The summed E-state index contributed by atoms with van der Waals surface area (Å²) in [6.07, 6.45) is 9.08. The van der Waals surface area contributed by atoms with Crippen LogP contribution in [-0.2, 0) is 6.42 Å². The van der Waals surface area contributed by atoms with Crippen LogP contribution < -0.4 is 0 Å². The van der Waals surface area contributed by atoms with Crippen molar-refractivity contribution in [3.63, 3.8) is 0 Å². The molecule has 0 aliphatic carbocycles. The van der Waals surface area contributed by atoms with E-state index in [4.69, 9.17) is 11.6 Å². The molecular weight excluding hydrogens is 338 g/mol. The molecule has 1 aliphatic heterocycles. The number of rotatable bonds is 5. The Labute approximate surface area is 133 Å². The van der Waals surface area contributed by atoms with Crippen molar-refractivity contribution in [3.8, 4) is 0 Å². The van der Waals surface area contributed by atoms with Gasteiger partial charge in [-0.1, -0.05) is 50.6 Å². The molecule has 0 fully saturated rings. The molecule has 2 atom stereocenters. The van der Waals surface area contributed by atoms with E-state index in [2.05, 4.69) is 52.5 Å². The van der Waals surface area contributed by atoms with Gasteiger partial charge in [-0.05, 0) is 39.9 Å². The summed E-state index contributed by atoms with van der Waals surface area (Å²) in [5, 5.41) is 5.04. The third-order valence-electron chi connectivity index (χ3n) is 3.65. The fourth-order valence-electron chi connectivity index (χ4n) is 2.19. The van der Waals surface area contributed by atoms with E-state index in [9.17, 15) is 0 Å². The molecule has 2 unspecified atom stereocenters. The summed E-state index contributed by atoms with van der Waals surface area (Å²) in [4.78, 5) is 4.33. The summed E-state index contributed by atoms with van der Waals surface area (Å²) in [7, 11) is 0. The van der Waals surface area contributed by atoms with Gasteiger partial charge in [0.05, 0.1) is 6.04 Å². The Morgan fingerprint density at radius 3 is 3.10 bits per heavy atom. The van der Waals surface area contributed by atoms with Crippen LogP contribution in [0.5, 0.6) is 0 Å². The van der Waals surface area contributed by atoms with Crippen LogP contribution in [-0.4, -0.2) is 14.8 Å². The molecule has 0 aromatic carbocycles. The van der Waals surface area contributed by atoms with Crippen LogP contribution in [0.2, 0.25) is 0 Å². The van der Waals surface area contributed by atoms with E-state index in [1.165, 1.54) is 0 Å². The molecule has 2 rings (SSSR count). The van der Waals surface area contributed by atoms with Crippen LogP contribution >= 0.6 is 27.5 Å². The number of nitrogens with zero attached hydrogens (tertiary/aromatic N) is 3. The third kappa shape index (κ3) is 3.41. The number of aryl methyl sites for hydroxylation is 1. The summed E-state index contributed by atoms with van der Waals surface area (Å²) in [5.74, 6) is 1.55. The van der Waals surface area contributed by atoms with Gasteiger partial charge in [-0.2, -0.15) is 0 Å². The van der Waals surface area contributed by atoms with Crippen molar-refractivity contribution in [3.05, 3.63) is 46.0 Å². The topological polar surface area (TPSA) is 30.7 Å². The Morgan fingerprint density at radius 1 is 1.65 bits per heavy atom. The average Bonchev–Trinajstić information content (AvgIpc) is 2.96. The lowest BCUT2D eigenvalue weighted by molar-refractivity contribution is 0.551. The lowest BCUT2D eigenvalue weighted by atomic mass is 10.1. The highest BCUT2D eigenvalue weighted by Crippen LogP contribution is 2.34. The van der Waals surface area contributed by atoms with E-state index < -0.39 is 0 Å². The molecule has 3 nitrogen and oxygen atoms in total. The minimum Gasteiger partial charge on any atom is -0.241 e. The zero-order chi connectivity index (χ0) is 14.7. The van der Waals surface area contributed by atoms with Gasteiger partial charge in [-0.3, -0.25) is 0 Å². The molecule has 0 saturated heterocycles. The predicted molar refractivity (Wildman–Crippen MR) is 86.8 cm³/mol. The van der Waals surface area contributed by atoms with E-state index in [1.807, 2.05) is 16.8 Å². The SMILES string of the molecule is C=C(/C(Cl)=C\C=C/C(C)CC)C1CCc2nc(Br)nn21. The minimum absolute atomic E-state index is 0.115. The molecule has 108 valence electrons. The van der Waals surface area contributed by atoms with E-state index in [-0.39, 0.29) is 6.04 Å². The Morgan fingerprint density at radius 2 is 2.40 bits per heavy atom. The molecule has 1 aliphatic rings. The van der Waals surface area contributed by atoms with Crippen LogP contribution in [0.3, 0.4) is 0 Å². The quantitative estimate of drug-likeness (QED) is 0.709. The maximum Gasteiger partial charge on any atom is 0.217 e. The lowest BCUT2D eigenvalue weighted by Gasteiger charge is -2.13. The first-order valence-electron chi connectivity index (χ1n) is 6.87. The summed E-state index contributed by atoms with van der Waals surface area (Å²) < 4.78 is 2.54. The van der Waals surface area contributed by atoms with Crippen LogP contribution in [0.4, 0.5) is 0 Å². The average molecular weight is 357 g/mol. The highest BCUT2D eigenvalue weighted by Gasteiger charge is 2.28. The molecule has 20 heavy (non-hydrogen) atoms. The fourth-order valence-corrected chi connectivity index (χ4v) is 2.76. The molecule has 0 radical (unpaired) electrons. The molecule has 0 amide bonds. The van der Waals surface area contributed by atoms with Crippen molar-refractivity contribution in [2.75, 3.05) is 0 Å². The van der Waals surface area contributed by atoms with Gasteiger partial charge in [0.1, 0.15) is 5.82 Å². The molecule has 0 spiro atoms. The van der Waals surface area contributed by atoms with Crippen LogP contribution in [0.1, 0.15) is 38.6 Å². The van der Waals surface area contributed by atoms with Gasteiger partial charge in [0.25, 0.3) is 0 Å². The largest absolute Gasteiger partial charge is 0.241 e. The van der Waals surface area contributed by atoms with Crippen LogP contribution in [0.15, 0.2) is 40.1 Å². The second-order valence-electron chi connectivity index (χ2n) is 5.11. The van der Waals surface area contributed by atoms with Gasteiger partial charge >= 0.3 is 0 Å². The zero-order valence-electron chi connectivity index (χ0n) is 11.8. The monoisotopic (exact) mass is 355 g/mol. The summed E-state index contributed by atoms with van der Waals surface area (Å²) >= 11 is 9.65. The van der Waals surface area contributed by atoms with Gasteiger partial charge in [0, 0.05) is 11.5 Å². The van der Waals surface area contributed by atoms with Crippen molar-refractivity contribution in [1.82, 2.24) is 14.8 Å². The number of allylic oxidation sites excluding steroid dienone is 5. The van der Waals surface area contributed by atoms with Crippen LogP contribution in [0.25, 0.3) is 0 Å². The van der Waals surface area contributed by atoms with Crippen molar-refractivity contribution >= 4 is 27.5 Å². The zero-order valence-corrected chi connectivity index (χ0v) is 14.2. The predicted octanol–water partition coefficient (Wildman–Crippen LogP) is 4.81. The molecular formula is C15H19BrClN3. The number of fused-ring (bicyclic) bond motifs is 1. The summed E-state index contributed by atoms with van der Waals surface area (Å²) in [6, 6.07) is 0.115. The van der Waals surface area contributed by atoms with Crippen molar-refractivity contribution in [1.29, 1.82) is 0 Å². The fraction of sp³-hybridized carbons (Fsp3) is 0.467. The van der Waals surface area contributed by atoms with E-state index in [1.54, 1.807) is 0 Å². The Bertz CT molecular complexity index is 559.